The lowest BCUT2D eigenvalue weighted by molar-refractivity contribution is 0.269. The molecule has 0 aromatic carbocycles. The molecule has 0 unspecified atom stereocenters. The quantitative estimate of drug-likeness (QED) is 0.695. The smallest absolute Gasteiger partial charge is 0.214 e. The maximum absolute atomic E-state index is 12.2. The second kappa shape index (κ2) is 7.04. The van der Waals surface area contributed by atoms with E-state index in [9.17, 15) is 8.42 Å². The monoisotopic (exact) mass is 288 g/mol. The molecule has 0 aromatic rings. The van der Waals surface area contributed by atoms with Gasteiger partial charge in [-0.15, -0.1) is 0 Å². The fourth-order valence-corrected chi connectivity index (χ4v) is 4.32. The highest BCUT2D eigenvalue weighted by atomic mass is 32.2. The van der Waals surface area contributed by atoms with Gasteiger partial charge in [-0.3, -0.25) is 0 Å². The second-order valence-electron chi connectivity index (χ2n) is 6.00. The molecule has 1 aliphatic heterocycles. The molecule has 2 rings (SSSR count). The van der Waals surface area contributed by atoms with Gasteiger partial charge in [0, 0.05) is 19.1 Å². The van der Waals surface area contributed by atoms with E-state index >= 15 is 0 Å². The van der Waals surface area contributed by atoms with Crippen LogP contribution in [-0.4, -0.2) is 44.2 Å². The summed E-state index contributed by atoms with van der Waals surface area (Å²) >= 11 is 0. The molecule has 0 aromatic heterocycles. The summed E-state index contributed by atoms with van der Waals surface area (Å²) in [5, 5.41) is 3.43. The topological polar surface area (TPSA) is 49.4 Å². The van der Waals surface area contributed by atoms with E-state index in [4.69, 9.17) is 0 Å². The van der Waals surface area contributed by atoms with Crippen molar-refractivity contribution >= 4 is 10.0 Å². The van der Waals surface area contributed by atoms with Crippen molar-refractivity contribution in [1.29, 1.82) is 0 Å². The van der Waals surface area contributed by atoms with Crippen LogP contribution in [0.15, 0.2) is 0 Å². The van der Waals surface area contributed by atoms with Crippen molar-refractivity contribution in [1.82, 2.24) is 9.62 Å². The zero-order chi connectivity index (χ0) is 13.7. The van der Waals surface area contributed by atoms with Crippen LogP contribution in [0.4, 0.5) is 0 Å². The third-order valence-electron chi connectivity index (χ3n) is 4.38. The Balaban J connectivity index is 1.63. The number of piperidine rings is 1. The van der Waals surface area contributed by atoms with Crippen molar-refractivity contribution in [2.45, 2.75) is 57.9 Å². The van der Waals surface area contributed by atoms with Crippen LogP contribution in [-0.2, 0) is 10.0 Å². The van der Waals surface area contributed by atoms with Crippen molar-refractivity contribution in [3.8, 4) is 0 Å². The molecule has 0 radical (unpaired) electrons. The Labute approximate surface area is 118 Å². The average molecular weight is 288 g/mol. The minimum absolute atomic E-state index is 0.330. The first-order chi connectivity index (χ1) is 9.12. The Kier molecular flexibility index (Phi) is 5.66. The Hall–Kier alpha value is -0.130. The number of unbranched alkanes of at least 4 members (excludes halogenated alkanes) is 1. The maximum atomic E-state index is 12.2. The molecule has 112 valence electrons. The molecule has 0 bridgehead atoms. The van der Waals surface area contributed by atoms with Crippen LogP contribution in [0.25, 0.3) is 0 Å². The van der Waals surface area contributed by atoms with Gasteiger partial charge in [0.2, 0.25) is 10.0 Å². The fraction of sp³-hybridized carbons (Fsp3) is 1.00. The van der Waals surface area contributed by atoms with Gasteiger partial charge in [0.05, 0.1) is 5.75 Å². The molecule has 2 aliphatic rings. The van der Waals surface area contributed by atoms with Crippen LogP contribution < -0.4 is 5.32 Å². The maximum Gasteiger partial charge on any atom is 0.214 e. The number of sulfonamides is 1. The van der Waals surface area contributed by atoms with Gasteiger partial charge in [0.25, 0.3) is 0 Å². The minimum atomic E-state index is -2.99. The van der Waals surface area contributed by atoms with E-state index in [1.807, 2.05) is 0 Å². The van der Waals surface area contributed by atoms with Crippen LogP contribution in [0.2, 0.25) is 0 Å². The number of hydrogen-bond donors (Lipinski definition) is 1. The zero-order valence-corrected chi connectivity index (χ0v) is 12.9. The molecule has 0 atom stereocenters. The van der Waals surface area contributed by atoms with Crippen molar-refractivity contribution < 1.29 is 8.42 Å². The van der Waals surface area contributed by atoms with Gasteiger partial charge in [-0.2, -0.15) is 0 Å². The normalized spacial score (nSPS) is 22.8. The van der Waals surface area contributed by atoms with Gasteiger partial charge in [0.15, 0.2) is 0 Å². The van der Waals surface area contributed by atoms with Gasteiger partial charge in [0.1, 0.15) is 0 Å². The summed E-state index contributed by atoms with van der Waals surface area (Å²) in [6.07, 6.45) is 7.62. The molecule has 5 heteroatoms. The predicted octanol–water partition coefficient (Wildman–Crippen LogP) is 1.97. The Bertz CT molecular complexity index is 358. The van der Waals surface area contributed by atoms with E-state index in [1.165, 1.54) is 19.3 Å². The van der Waals surface area contributed by atoms with Crippen molar-refractivity contribution in [3.05, 3.63) is 0 Å². The number of rotatable bonds is 8. The van der Waals surface area contributed by atoms with Gasteiger partial charge < -0.3 is 5.32 Å². The van der Waals surface area contributed by atoms with E-state index in [-0.39, 0.29) is 0 Å². The second-order valence-corrected chi connectivity index (χ2v) is 8.09. The summed E-state index contributed by atoms with van der Waals surface area (Å²) in [5.74, 6) is 1.06. The fourth-order valence-electron chi connectivity index (χ4n) is 2.73. The Morgan fingerprint density at radius 3 is 2.37 bits per heavy atom. The van der Waals surface area contributed by atoms with Crippen molar-refractivity contribution in [2.75, 3.05) is 25.4 Å². The van der Waals surface area contributed by atoms with Gasteiger partial charge in [-0.1, -0.05) is 13.3 Å². The number of nitrogens with one attached hydrogen (secondary N) is 1. The van der Waals surface area contributed by atoms with Crippen molar-refractivity contribution in [2.24, 2.45) is 5.92 Å². The van der Waals surface area contributed by atoms with Crippen LogP contribution in [0.1, 0.15) is 51.9 Å². The zero-order valence-electron chi connectivity index (χ0n) is 12.1. The minimum Gasteiger partial charge on any atom is -0.314 e. The summed E-state index contributed by atoms with van der Waals surface area (Å²) in [4.78, 5) is 0. The molecule has 2 fully saturated rings. The van der Waals surface area contributed by atoms with Crippen LogP contribution in [0, 0.1) is 5.92 Å². The van der Waals surface area contributed by atoms with E-state index in [2.05, 4.69) is 12.2 Å². The first-order valence-corrected chi connectivity index (χ1v) is 9.44. The molecule has 1 aliphatic carbocycles. The molecule has 4 nitrogen and oxygen atoms in total. The molecule has 1 saturated carbocycles. The molecule has 0 spiro atoms. The third-order valence-corrected chi connectivity index (χ3v) is 6.34. The lowest BCUT2D eigenvalue weighted by Crippen LogP contribution is -2.39. The highest BCUT2D eigenvalue weighted by Gasteiger charge is 2.26. The lowest BCUT2D eigenvalue weighted by Gasteiger charge is -2.30. The van der Waals surface area contributed by atoms with E-state index in [1.54, 1.807) is 4.31 Å². The van der Waals surface area contributed by atoms with E-state index < -0.39 is 10.0 Å². The standard InChI is InChI=1S/C14H28N2O2S/c1-2-13-7-10-16(11-8-13)19(17,18)12-4-3-9-15-14-5-6-14/h13-15H,2-12H2,1H3. The number of nitrogens with zero attached hydrogens (tertiary/aromatic N) is 1. The molecule has 1 saturated heterocycles. The molecule has 0 amide bonds. The SMILES string of the molecule is CCC1CCN(S(=O)(=O)CCCCNC2CC2)CC1. The van der Waals surface area contributed by atoms with Crippen molar-refractivity contribution in [3.63, 3.8) is 0 Å². The highest BCUT2D eigenvalue weighted by Crippen LogP contribution is 2.22. The van der Waals surface area contributed by atoms with E-state index in [0.29, 0.717) is 5.75 Å². The van der Waals surface area contributed by atoms with E-state index in [0.717, 1.165) is 57.3 Å². The van der Waals surface area contributed by atoms with Crippen LogP contribution in [0.5, 0.6) is 0 Å². The number of hydrogen-bond acceptors (Lipinski definition) is 3. The van der Waals surface area contributed by atoms with Gasteiger partial charge >= 0.3 is 0 Å². The molecule has 1 heterocycles. The molecule has 1 N–H and O–H groups in total. The Morgan fingerprint density at radius 2 is 1.79 bits per heavy atom. The Morgan fingerprint density at radius 1 is 1.11 bits per heavy atom. The average Bonchev–Trinajstić information content (AvgIpc) is 3.22. The molecular formula is C14H28N2O2S. The summed E-state index contributed by atoms with van der Waals surface area (Å²) < 4.78 is 26.1. The van der Waals surface area contributed by atoms with Crippen LogP contribution >= 0.6 is 0 Å². The highest BCUT2D eigenvalue weighted by molar-refractivity contribution is 7.89. The summed E-state index contributed by atoms with van der Waals surface area (Å²) in [7, 11) is -2.99. The van der Waals surface area contributed by atoms with Crippen LogP contribution in [0.3, 0.4) is 0 Å². The summed E-state index contributed by atoms with van der Waals surface area (Å²) in [5.41, 5.74) is 0. The first-order valence-electron chi connectivity index (χ1n) is 7.83. The summed E-state index contributed by atoms with van der Waals surface area (Å²) in [6, 6.07) is 0.727. The third kappa shape index (κ3) is 5.04. The summed E-state index contributed by atoms with van der Waals surface area (Å²) in [6.45, 7) is 4.64. The van der Waals surface area contributed by atoms with Gasteiger partial charge in [-0.25, -0.2) is 12.7 Å². The lowest BCUT2D eigenvalue weighted by atomic mass is 9.96. The molecular weight excluding hydrogens is 260 g/mol. The predicted molar refractivity (Wildman–Crippen MR) is 78.6 cm³/mol. The largest absolute Gasteiger partial charge is 0.314 e. The molecule has 19 heavy (non-hydrogen) atoms. The van der Waals surface area contributed by atoms with Gasteiger partial charge in [-0.05, 0) is 51.0 Å². The first kappa shape index (κ1) is 15.3.